The highest BCUT2D eigenvalue weighted by Crippen LogP contribution is 2.40. The van der Waals surface area contributed by atoms with Crippen LogP contribution in [0.2, 0.25) is 0 Å². The van der Waals surface area contributed by atoms with Crippen molar-refractivity contribution in [2.75, 3.05) is 0 Å². The molecule has 0 radical (unpaired) electrons. The van der Waals surface area contributed by atoms with Gasteiger partial charge >= 0.3 is 0 Å². The van der Waals surface area contributed by atoms with Crippen molar-refractivity contribution in [3.05, 3.63) is 0 Å². The smallest absolute Gasteiger partial charge is 0.0241 e. The van der Waals surface area contributed by atoms with Gasteiger partial charge in [0.05, 0.1) is 0 Å². The third-order valence-corrected chi connectivity index (χ3v) is 2.08. The predicted molar refractivity (Wildman–Crippen MR) is 38.7 cm³/mol. The number of hydrogen-bond donors (Lipinski definition) is 1. The van der Waals surface area contributed by atoms with Gasteiger partial charge in [0.2, 0.25) is 0 Å². The summed E-state index contributed by atoms with van der Waals surface area (Å²) in [5, 5.41) is 0. The van der Waals surface area contributed by atoms with Crippen molar-refractivity contribution in [3.8, 4) is 12.3 Å². The molecule has 0 bridgehead atoms. The van der Waals surface area contributed by atoms with Crippen LogP contribution in [0.3, 0.4) is 0 Å². The average Bonchev–Trinajstić information content (AvgIpc) is 2.47. The molecule has 0 aliphatic heterocycles. The number of rotatable bonds is 2. The Bertz CT molecular complexity index is 134. The maximum Gasteiger partial charge on any atom is 0.0241 e. The number of terminal acetylenes is 1. The SMILES string of the molecule is C#CCC(N)C1CC1C. The van der Waals surface area contributed by atoms with Crippen LogP contribution in [0.5, 0.6) is 0 Å². The Balaban J connectivity index is 2.21. The first-order valence-corrected chi connectivity index (χ1v) is 3.44. The van der Waals surface area contributed by atoms with Gasteiger partial charge in [0.15, 0.2) is 0 Å². The molecule has 2 N–H and O–H groups in total. The predicted octanol–water partition coefficient (Wildman–Crippen LogP) is 0.993. The Morgan fingerprint density at radius 2 is 2.44 bits per heavy atom. The summed E-state index contributed by atoms with van der Waals surface area (Å²) < 4.78 is 0. The molecule has 3 unspecified atom stereocenters. The molecule has 3 atom stereocenters. The van der Waals surface area contributed by atoms with Crippen molar-refractivity contribution in [2.24, 2.45) is 17.6 Å². The Kier molecular flexibility index (Phi) is 1.78. The molecule has 50 valence electrons. The van der Waals surface area contributed by atoms with Crippen LogP contribution in [0.4, 0.5) is 0 Å². The van der Waals surface area contributed by atoms with Crippen molar-refractivity contribution in [2.45, 2.75) is 25.8 Å². The average molecular weight is 123 g/mol. The standard InChI is InChI=1S/C8H13N/c1-3-4-8(9)7-5-6(7)2/h1,6-8H,4-5,9H2,2H3. The van der Waals surface area contributed by atoms with Crippen LogP contribution in [-0.2, 0) is 0 Å². The van der Waals surface area contributed by atoms with Gasteiger partial charge < -0.3 is 5.73 Å². The zero-order chi connectivity index (χ0) is 6.85. The topological polar surface area (TPSA) is 26.0 Å². The highest BCUT2D eigenvalue weighted by atomic mass is 14.7. The van der Waals surface area contributed by atoms with Gasteiger partial charge in [-0.1, -0.05) is 6.92 Å². The Hall–Kier alpha value is -0.480. The van der Waals surface area contributed by atoms with Gasteiger partial charge in [0.25, 0.3) is 0 Å². The fourth-order valence-electron chi connectivity index (χ4n) is 1.23. The first kappa shape index (κ1) is 6.64. The minimum absolute atomic E-state index is 0.269. The molecule has 0 spiro atoms. The van der Waals surface area contributed by atoms with Gasteiger partial charge in [-0.3, -0.25) is 0 Å². The van der Waals surface area contributed by atoms with Crippen LogP contribution in [0.25, 0.3) is 0 Å². The molecular weight excluding hydrogens is 110 g/mol. The zero-order valence-electron chi connectivity index (χ0n) is 5.80. The van der Waals surface area contributed by atoms with Crippen LogP contribution in [-0.4, -0.2) is 6.04 Å². The van der Waals surface area contributed by atoms with E-state index in [0.29, 0.717) is 0 Å². The highest BCUT2D eigenvalue weighted by molar-refractivity contribution is 4.97. The largest absolute Gasteiger partial charge is 0.327 e. The molecule has 1 nitrogen and oxygen atoms in total. The van der Waals surface area contributed by atoms with Crippen molar-refractivity contribution >= 4 is 0 Å². The summed E-state index contributed by atoms with van der Waals surface area (Å²) in [5.74, 6) is 4.13. The second-order valence-corrected chi connectivity index (χ2v) is 2.95. The molecule has 0 aromatic rings. The summed E-state index contributed by atoms with van der Waals surface area (Å²) in [4.78, 5) is 0. The molecule has 9 heavy (non-hydrogen) atoms. The van der Waals surface area contributed by atoms with Crippen molar-refractivity contribution in [1.82, 2.24) is 0 Å². The summed E-state index contributed by atoms with van der Waals surface area (Å²) >= 11 is 0. The molecule has 0 aromatic carbocycles. The van der Waals surface area contributed by atoms with Gasteiger partial charge in [-0.25, -0.2) is 0 Å². The van der Waals surface area contributed by atoms with Crippen LogP contribution >= 0.6 is 0 Å². The molecule has 0 saturated heterocycles. The highest BCUT2D eigenvalue weighted by Gasteiger charge is 2.36. The summed E-state index contributed by atoms with van der Waals surface area (Å²) in [6.07, 6.45) is 7.14. The lowest BCUT2D eigenvalue weighted by atomic mass is 10.1. The van der Waals surface area contributed by atoms with E-state index < -0.39 is 0 Å². The first-order valence-electron chi connectivity index (χ1n) is 3.44. The van der Waals surface area contributed by atoms with Crippen molar-refractivity contribution in [3.63, 3.8) is 0 Å². The minimum Gasteiger partial charge on any atom is -0.327 e. The summed E-state index contributed by atoms with van der Waals surface area (Å²) in [5.41, 5.74) is 5.74. The molecule has 0 heterocycles. The molecule has 1 saturated carbocycles. The van der Waals surface area contributed by atoms with Crippen LogP contribution in [0.15, 0.2) is 0 Å². The summed E-state index contributed by atoms with van der Waals surface area (Å²) in [6, 6.07) is 0.269. The lowest BCUT2D eigenvalue weighted by molar-refractivity contribution is 0.576. The second-order valence-electron chi connectivity index (χ2n) is 2.95. The van der Waals surface area contributed by atoms with E-state index in [1.54, 1.807) is 0 Å². The van der Waals surface area contributed by atoms with Gasteiger partial charge in [-0.2, -0.15) is 0 Å². The molecule has 1 aliphatic carbocycles. The second kappa shape index (κ2) is 2.41. The quantitative estimate of drug-likeness (QED) is 0.544. The monoisotopic (exact) mass is 123 g/mol. The third-order valence-electron chi connectivity index (χ3n) is 2.08. The van der Waals surface area contributed by atoms with Crippen molar-refractivity contribution in [1.29, 1.82) is 0 Å². The van der Waals surface area contributed by atoms with Gasteiger partial charge in [0.1, 0.15) is 0 Å². The Morgan fingerprint density at radius 1 is 1.89 bits per heavy atom. The lowest BCUT2D eigenvalue weighted by Gasteiger charge is -2.03. The molecule has 1 heteroatoms. The van der Waals surface area contributed by atoms with E-state index in [1.165, 1.54) is 6.42 Å². The minimum atomic E-state index is 0.269. The fourth-order valence-corrected chi connectivity index (χ4v) is 1.23. The van der Waals surface area contributed by atoms with E-state index in [-0.39, 0.29) is 6.04 Å². The first-order chi connectivity index (χ1) is 4.25. The number of nitrogens with two attached hydrogens (primary N) is 1. The van der Waals surface area contributed by atoms with E-state index in [0.717, 1.165) is 18.3 Å². The molecule has 1 aliphatic rings. The van der Waals surface area contributed by atoms with E-state index in [1.807, 2.05) is 0 Å². The molecule has 0 aromatic heterocycles. The van der Waals surface area contributed by atoms with Crippen LogP contribution < -0.4 is 5.73 Å². The van der Waals surface area contributed by atoms with Crippen LogP contribution in [0.1, 0.15) is 19.8 Å². The molecule has 1 fully saturated rings. The van der Waals surface area contributed by atoms with Gasteiger partial charge in [-0.15, -0.1) is 12.3 Å². The number of hydrogen-bond acceptors (Lipinski definition) is 1. The normalized spacial score (nSPS) is 35.2. The van der Waals surface area contributed by atoms with E-state index in [4.69, 9.17) is 12.2 Å². The molecular formula is C8H13N. The van der Waals surface area contributed by atoms with Crippen molar-refractivity contribution < 1.29 is 0 Å². The Morgan fingerprint density at radius 3 is 2.78 bits per heavy atom. The maximum absolute atomic E-state index is 5.74. The zero-order valence-corrected chi connectivity index (χ0v) is 5.80. The molecule has 0 amide bonds. The Labute approximate surface area is 56.6 Å². The van der Waals surface area contributed by atoms with E-state index in [9.17, 15) is 0 Å². The fraction of sp³-hybridized carbons (Fsp3) is 0.750. The van der Waals surface area contributed by atoms with Crippen LogP contribution in [0, 0.1) is 24.2 Å². The van der Waals surface area contributed by atoms with E-state index >= 15 is 0 Å². The van der Waals surface area contributed by atoms with E-state index in [2.05, 4.69) is 12.8 Å². The van der Waals surface area contributed by atoms with Gasteiger partial charge in [0, 0.05) is 12.5 Å². The summed E-state index contributed by atoms with van der Waals surface area (Å²) in [6.45, 7) is 2.22. The lowest BCUT2D eigenvalue weighted by Crippen LogP contribution is -2.22. The molecule has 1 rings (SSSR count). The van der Waals surface area contributed by atoms with Gasteiger partial charge in [-0.05, 0) is 18.3 Å². The third kappa shape index (κ3) is 1.46. The summed E-state index contributed by atoms with van der Waals surface area (Å²) in [7, 11) is 0. The maximum atomic E-state index is 5.74.